The Labute approximate surface area is 121 Å². The SMILES string of the molecule is C#CC(CC)NC(=O)N1CCc2sccc2C1C(=O)O. The molecule has 0 fully saturated rings. The van der Waals surface area contributed by atoms with Crippen molar-refractivity contribution in [2.24, 2.45) is 0 Å². The molecule has 2 N–H and O–H groups in total. The molecule has 106 valence electrons. The van der Waals surface area contributed by atoms with E-state index in [2.05, 4.69) is 11.2 Å². The average Bonchev–Trinajstić information content (AvgIpc) is 2.91. The Kier molecular flexibility index (Phi) is 4.30. The van der Waals surface area contributed by atoms with Crippen LogP contribution in [0.5, 0.6) is 0 Å². The quantitative estimate of drug-likeness (QED) is 0.835. The largest absolute Gasteiger partial charge is 0.479 e. The molecule has 1 aromatic heterocycles. The van der Waals surface area contributed by atoms with Crippen LogP contribution in [0.15, 0.2) is 11.4 Å². The molecule has 0 saturated carbocycles. The van der Waals surface area contributed by atoms with Gasteiger partial charge in [-0.25, -0.2) is 9.59 Å². The Bertz CT molecular complexity index is 561. The highest BCUT2D eigenvalue weighted by atomic mass is 32.1. The lowest BCUT2D eigenvalue weighted by molar-refractivity contribution is -0.142. The van der Waals surface area contributed by atoms with E-state index in [9.17, 15) is 14.7 Å². The van der Waals surface area contributed by atoms with Gasteiger partial charge in [-0.2, -0.15) is 0 Å². The number of terminal acetylenes is 1. The first kappa shape index (κ1) is 14.4. The highest BCUT2D eigenvalue weighted by Gasteiger charge is 2.36. The molecule has 2 heterocycles. The van der Waals surface area contributed by atoms with Crippen molar-refractivity contribution in [1.82, 2.24) is 10.2 Å². The van der Waals surface area contributed by atoms with Crippen LogP contribution in [0.1, 0.15) is 29.8 Å². The zero-order valence-electron chi connectivity index (χ0n) is 11.1. The minimum Gasteiger partial charge on any atom is -0.479 e. The molecular weight excluding hydrogens is 276 g/mol. The maximum absolute atomic E-state index is 12.2. The second kappa shape index (κ2) is 5.97. The van der Waals surface area contributed by atoms with Crippen molar-refractivity contribution in [1.29, 1.82) is 0 Å². The molecule has 6 heteroatoms. The van der Waals surface area contributed by atoms with Gasteiger partial charge in [0.15, 0.2) is 6.04 Å². The molecule has 20 heavy (non-hydrogen) atoms. The number of fused-ring (bicyclic) bond motifs is 1. The van der Waals surface area contributed by atoms with Crippen LogP contribution in [-0.4, -0.2) is 34.6 Å². The smallest absolute Gasteiger partial charge is 0.331 e. The summed E-state index contributed by atoms with van der Waals surface area (Å²) in [6.45, 7) is 2.25. The van der Waals surface area contributed by atoms with E-state index >= 15 is 0 Å². The van der Waals surface area contributed by atoms with E-state index in [0.29, 0.717) is 24.9 Å². The van der Waals surface area contributed by atoms with E-state index in [1.54, 1.807) is 6.07 Å². The van der Waals surface area contributed by atoms with Gasteiger partial charge in [-0.3, -0.25) is 0 Å². The number of carboxylic acid groups (broad SMARTS) is 1. The van der Waals surface area contributed by atoms with Gasteiger partial charge < -0.3 is 15.3 Å². The van der Waals surface area contributed by atoms with Gasteiger partial charge in [-0.1, -0.05) is 12.8 Å². The van der Waals surface area contributed by atoms with Gasteiger partial charge in [0.25, 0.3) is 0 Å². The molecule has 1 aromatic rings. The summed E-state index contributed by atoms with van der Waals surface area (Å²) >= 11 is 1.53. The number of nitrogens with zero attached hydrogens (tertiary/aromatic N) is 1. The normalized spacial score (nSPS) is 18.8. The number of hydrogen-bond donors (Lipinski definition) is 2. The van der Waals surface area contributed by atoms with Crippen molar-refractivity contribution < 1.29 is 14.7 Å². The van der Waals surface area contributed by atoms with Gasteiger partial charge in [-0.15, -0.1) is 17.8 Å². The third-order valence-electron chi connectivity index (χ3n) is 3.37. The van der Waals surface area contributed by atoms with Crippen molar-refractivity contribution in [3.8, 4) is 12.3 Å². The number of thiophene rings is 1. The highest BCUT2D eigenvalue weighted by Crippen LogP contribution is 2.33. The molecule has 0 aliphatic carbocycles. The van der Waals surface area contributed by atoms with Crippen LogP contribution in [-0.2, 0) is 11.2 Å². The Morgan fingerprint density at radius 3 is 3.05 bits per heavy atom. The molecule has 2 atom stereocenters. The molecular formula is C14H16N2O3S. The monoisotopic (exact) mass is 292 g/mol. The van der Waals surface area contributed by atoms with E-state index in [1.165, 1.54) is 16.2 Å². The minimum absolute atomic E-state index is 0.374. The zero-order valence-corrected chi connectivity index (χ0v) is 11.9. The molecule has 0 radical (unpaired) electrons. The van der Waals surface area contributed by atoms with Crippen molar-refractivity contribution >= 4 is 23.3 Å². The lowest BCUT2D eigenvalue weighted by atomic mass is 10.0. The summed E-state index contributed by atoms with van der Waals surface area (Å²) in [5, 5.41) is 14.0. The standard InChI is InChI=1S/C14H16N2O3S/c1-3-9(4-2)15-14(19)16-7-5-11-10(6-8-20-11)12(16)13(17)18/h1,6,8-9,12H,4-5,7H2,2H3,(H,15,19)(H,17,18). The molecule has 5 nitrogen and oxygen atoms in total. The Hall–Kier alpha value is -2.00. The number of urea groups is 1. The Morgan fingerprint density at radius 2 is 2.45 bits per heavy atom. The van der Waals surface area contributed by atoms with E-state index in [-0.39, 0.29) is 6.04 Å². The van der Waals surface area contributed by atoms with Crippen molar-refractivity contribution in [3.63, 3.8) is 0 Å². The number of carbonyl (C=O) groups is 2. The lowest BCUT2D eigenvalue weighted by Gasteiger charge is -2.33. The summed E-state index contributed by atoms with van der Waals surface area (Å²) in [5.74, 6) is 1.46. The molecule has 1 aliphatic heterocycles. The number of amides is 2. The van der Waals surface area contributed by atoms with Crippen LogP contribution in [0.3, 0.4) is 0 Å². The van der Waals surface area contributed by atoms with Gasteiger partial charge in [0.05, 0.1) is 6.04 Å². The first-order valence-electron chi connectivity index (χ1n) is 6.40. The van der Waals surface area contributed by atoms with Crippen LogP contribution < -0.4 is 5.32 Å². The first-order valence-corrected chi connectivity index (χ1v) is 7.28. The van der Waals surface area contributed by atoms with Crippen LogP contribution in [0, 0.1) is 12.3 Å². The molecule has 2 unspecified atom stereocenters. The second-order valence-electron chi connectivity index (χ2n) is 4.56. The minimum atomic E-state index is -1.02. The molecule has 2 amide bonds. The predicted octanol–water partition coefficient (Wildman–Crippen LogP) is 1.85. The fourth-order valence-corrected chi connectivity index (χ4v) is 3.20. The Balaban J connectivity index is 2.22. The third kappa shape index (κ3) is 2.63. The van der Waals surface area contributed by atoms with E-state index < -0.39 is 18.0 Å². The number of nitrogens with one attached hydrogen (secondary N) is 1. The highest BCUT2D eigenvalue weighted by molar-refractivity contribution is 7.10. The molecule has 0 saturated heterocycles. The van der Waals surface area contributed by atoms with Gasteiger partial charge in [0.1, 0.15) is 0 Å². The van der Waals surface area contributed by atoms with Crippen molar-refractivity contribution in [2.45, 2.75) is 31.8 Å². The first-order chi connectivity index (χ1) is 9.58. The molecule has 0 aromatic carbocycles. The number of aliphatic carboxylic acids is 1. The van der Waals surface area contributed by atoms with Crippen LogP contribution in [0.4, 0.5) is 4.79 Å². The molecule has 0 bridgehead atoms. The summed E-state index contributed by atoms with van der Waals surface area (Å²) in [6.07, 6.45) is 6.60. The fraction of sp³-hybridized carbons (Fsp3) is 0.429. The average molecular weight is 292 g/mol. The second-order valence-corrected chi connectivity index (χ2v) is 5.56. The van der Waals surface area contributed by atoms with Gasteiger partial charge in [0, 0.05) is 11.4 Å². The number of hydrogen-bond acceptors (Lipinski definition) is 3. The van der Waals surface area contributed by atoms with Crippen molar-refractivity contribution in [2.75, 3.05) is 6.54 Å². The number of carbonyl (C=O) groups excluding carboxylic acids is 1. The van der Waals surface area contributed by atoms with Crippen LogP contribution in [0.2, 0.25) is 0 Å². The molecule has 0 spiro atoms. The van der Waals surface area contributed by atoms with Crippen LogP contribution in [0.25, 0.3) is 0 Å². The molecule has 2 rings (SSSR count). The topological polar surface area (TPSA) is 69.6 Å². The molecule has 1 aliphatic rings. The Morgan fingerprint density at radius 1 is 1.70 bits per heavy atom. The van der Waals surface area contributed by atoms with E-state index in [4.69, 9.17) is 6.42 Å². The van der Waals surface area contributed by atoms with Gasteiger partial charge in [0.2, 0.25) is 0 Å². The maximum Gasteiger partial charge on any atom is 0.331 e. The third-order valence-corrected chi connectivity index (χ3v) is 4.36. The number of carboxylic acids is 1. The summed E-state index contributed by atoms with van der Waals surface area (Å²) < 4.78 is 0. The maximum atomic E-state index is 12.2. The van der Waals surface area contributed by atoms with Gasteiger partial charge >= 0.3 is 12.0 Å². The van der Waals surface area contributed by atoms with E-state index in [1.807, 2.05) is 12.3 Å². The predicted molar refractivity (Wildman–Crippen MR) is 76.5 cm³/mol. The summed E-state index contributed by atoms with van der Waals surface area (Å²) in [6, 6.07) is 0.0524. The van der Waals surface area contributed by atoms with Crippen LogP contribution >= 0.6 is 11.3 Å². The summed E-state index contributed by atoms with van der Waals surface area (Å²) in [4.78, 5) is 26.1. The number of rotatable bonds is 3. The van der Waals surface area contributed by atoms with E-state index in [0.717, 1.165) is 4.88 Å². The summed E-state index contributed by atoms with van der Waals surface area (Å²) in [7, 11) is 0. The lowest BCUT2D eigenvalue weighted by Crippen LogP contribution is -2.50. The fourth-order valence-electron chi connectivity index (χ4n) is 2.30. The van der Waals surface area contributed by atoms with Crippen molar-refractivity contribution in [3.05, 3.63) is 21.9 Å². The summed E-state index contributed by atoms with van der Waals surface area (Å²) in [5.41, 5.74) is 0.706. The van der Waals surface area contributed by atoms with Gasteiger partial charge in [-0.05, 0) is 29.9 Å². The zero-order chi connectivity index (χ0) is 14.7.